The number of hydrogen-bond donors (Lipinski definition) is 2. The number of aromatic hydroxyl groups is 1. The molecule has 1 aliphatic heterocycles. The lowest BCUT2D eigenvalue weighted by Gasteiger charge is -2.33. The fraction of sp³-hybridized carbons (Fsp3) is 0.364. The van der Waals surface area contributed by atoms with Crippen LogP contribution >= 0.6 is 11.3 Å². The van der Waals surface area contributed by atoms with E-state index in [0.717, 1.165) is 35.1 Å². The summed E-state index contributed by atoms with van der Waals surface area (Å²) in [6, 6.07) is 14.7. The lowest BCUT2D eigenvalue weighted by molar-refractivity contribution is -0.932. The van der Waals surface area contributed by atoms with E-state index in [2.05, 4.69) is 40.4 Å². The molecule has 0 aliphatic carbocycles. The van der Waals surface area contributed by atoms with Gasteiger partial charge in [-0.05, 0) is 49.8 Å². The zero-order chi connectivity index (χ0) is 19.8. The van der Waals surface area contributed by atoms with Gasteiger partial charge in [-0.3, -0.25) is 0 Å². The van der Waals surface area contributed by atoms with Crippen molar-refractivity contribution in [2.24, 2.45) is 5.92 Å². The third kappa shape index (κ3) is 3.56. The molecule has 4 aromatic rings. The van der Waals surface area contributed by atoms with E-state index in [-0.39, 0.29) is 11.9 Å². The van der Waals surface area contributed by atoms with Crippen LogP contribution in [0.2, 0.25) is 0 Å². The van der Waals surface area contributed by atoms with Crippen molar-refractivity contribution >= 4 is 16.3 Å². The van der Waals surface area contributed by atoms with Crippen molar-refractivity contribution in [3.8, 4) is 5.88 Å². The molecule has 0 spiro atoms. The van der Waals surface area contributed by atoms with Crippen molar-refractivity contribution in [2.45, 2.75) is 32.2 Å². The van der Waals surface area contributed by atoms with Crippen molar-refractivity contribution in [1.82, 2.24) is 14.6 Å². The molecule has 0 bridgehead atoms. The van der Waals surface area contributed by atoms with E-state index < -0.39 is 0 Å². The standard InChI is InChI=1S/C22H24N4O2S/c1-15-23-22-26(24-15)21(27)20(29-22)19(18-8-5-13-28-18)25-11-9-17(10-12-25)14-16-6-3-2-4-7-16/h2-8,13,17,19,27H,9-12,14H2,1H3/p+1/t19-/m1/s1. The van der Waals surface area contributed by atoms with E-state index in [9.17, 15) is 5.11 Å². The molecule has 1 saturated heterocycles. The molecule has 29 heavy (non-hydrogen) atoms. The minimum Gasteiger partial charge on any atom is -0.492 e. The van der Waals surface area contributed by atoms with E-state index in [1.807, 2.05) is 19.1 Å². The highest BCUT2D eigenvalue weighted by Gasteiger charge is 2.37. The van der Waals surface area contributed by atoms with Crippen LogP contribution in [0.1, 0.15) is 40.9 Å². The van der Waals surface area contributed by atoms with Crippen LogP contribution in [0.3, 0.4) is 0 Å². The minimum atomic E-state index is -0.0310. The zero-order valence-corrected chi connectivity index (χ0v) is 17.2. The highest BCUT2D eigenvalue weighted by molar-refractivity contribution is 7.17. The molecule has 7 heteroatoms. The van der Waals surface area contributed by atoms with Crippen LogP contribution in [0.5, 0.6) is 5.88 Å². The smallest absolute Gasteiger partial charge is 0.235 e. The van der Waals surface area contributed by atoms with E-state index in [1.54, 1.807) is 10.8 Å². The van der Waals surface area contributed by atoms with Crippen LogP contribution in [0.25, 0.3) is 4.96 Å². The Balaban J connectivity index is 1.38. The summed E-state index contributed by atoms with van der Waals surface area (Å²) >= 11 is 1.51. The second-order valence-corrected chi connectivity index (χ2v) is 8.89. The van der Waals surface area contributed by atoms with E-state index in [1.165, 1.54) is 34.6 Å². The van der Waals surface area contributed by atoms with Gasteiger partial charge in [0, 0.05) is 0 Å². The molecule has 150 valence electrons. The number of piperidine rings is 1. The molecule has 2 N–H and O–H groups in total. The average Bonchev–Trinajstić information content (AvgIpc) is 3.44. The second kappa shape index (κ2) is 7.65. The first-order chi connectivity index (χ1) is 14.2. The van der Waals surface area contributed by atoms with Gasteiger partial charge in [-0.1, -0.05) is 41.7 Å². The summed E-state index contributed by atoms with van der Waals surface area (Å²) in [6.07, 6.45) is 5.19. The van der Waals surface area contributed by atoms with Gasteiger partial charge in [0.05, 0.1) is 19.4 Å². The number of furan rings is 1. The first-order valence-electron chi connectivity index (χ1n) is 10.2. The van der Waals surface area contributed by atoms with Crippen molar-refractivity contribution < 1.29 is 14.4 Å². The first kappa shape index (κ1) is 18.4. The minimum absolute atomic E-state index is 0.0310. The Hall–Kier alpha value is -2.64. The molecule has 1 atom stereocenters. The van der Waals surface area contributed by atoms with Gasteiger partial charge in [0.15, 0.2) is 11.8 Å². The molecule has 1 aliphatic rings. The highest BCUT2D eigenvalue weighted by atomic mass is 32.1. The summed E-state index contributed by atoms with van der Waals surface area (Å²) in [7, 11) is 0. The van der Waals surface area contributed by atoms with Crippen LogP contribution in [0.15, 0.2) is 53.1 Å². The van der Waals surface area contributed by atoms with E-state index in [0.29, 0.717) is 11.7 Å². The third-order valence-corrected chi connectivity index (χ3v) is 7.00. The fourth-order valence-corrected chi connectivity index (χ4v) is 5.66. The molecule has 0 saturated carbocycles. The highest BCUT2D eigenvalue weighted by Crippen LogP contribution is 2.35. The lowest BCUT2D eigenvalue weighted by atomic mass is 9.89. The Morgan fingerprint density at radius 1 is 1.21 bits per heavy atom. The predicted octanol–water partition coefficient (Wildman–Crippen LogP) is 3.02. The molecule has 0 radical (unpaired) electrons. The Kier molecular flexibility index (Phi) is 4.85. The zero-order valence-electron chi connectivity index (χ0n) is 16.4. The molecule has 5 rings (SSSR count). The normalized spacial score (nSPS) is 20.9. The van der Waals surface area contributed by atoms with Gasteiger partial charge in [-0.25, -0.2) is 4.98 Å². The number of nitrogens with zero attached hydrogens (tertiary/aromatic N) is 3. The number of aromatic nitrogens is 3. The predicted molar refractivity (Wildman–Crippen MR) is 111 cm³/mol. The molecule has 3 aromatic heterocycles. The Bertz CT molecular complexity index is 1080. The topological polar surface area (TPSA) is 68.0 Å². The number of aryl methyl sites for hydroxylation is 1. The molecule has 1 aromatic carbocycles. The van der Waals surface area contributed by atoms with Gasteiger partial charge in [0.1, 0.15) is 10.7 Å². The molecule has 1 fully saturated rings. The number of nitrogens with one attached hydrogen (secondary N) is 1. The van der Waals surface area contributed by atoms with Gasteiger partial charge in [-0.2, -0.15) is 4.52 Å². The van der Waals surface area contributed by atoms with Gasteiger partial charge in [0.2, 0.25) is 10.8 Å². The number of thiazole rings is 1. The number of rotatable bonds is 5. The molecular weight excluding hydrogens is 384 g/mol. The Morgan fingerprint density at radius 3 is 2.69 bits per heavy atom. The number of hydrogen-bond acceptors (Lipinski definition) is 5. The molecule has 6 nitrogen and oxygen atoms in total. The quantitative estimate of drug-likeness (QED) is 0.532. The number of likely N-dealkylation sites (tertiary alicyclic amines) is 1. The molecule has 4 heterocycles. The van der Waals surface area contributed by atoms with E-state index in [4.69, 9.17) is 4.42 Å². The van der Waals surface area contributed by atoms with Gasteiger partial charge < -0.3 is 14.4 Å². The average molecular weight is 410 g/mol. The fourth-order valence-electron chi connectivity index (χ4n) is 4.50. The SMILES string of the molecule is Cc1nc2sc([C@@H](c3ccco3)[NH+]3CCC(Cc4ccccc4)CC3)c(O)n2n1. The maximum atomic E-state index is 10.9. The third-order valence-electron chi connectivity index (χ3n) is 5.92. The maximum absolute atomic E-state index is 10.9. The maximum Gasteiger partial charge on any atom is 0.235 e. The molecular formula is C22H25N4O2S+. The van der Waals surface area contributed by atoms with Gasteiger partial charge >= 0.3 is 0 Å². The van der Waals surface area contributed by atoms with Crippen molar-refractivity contribution in [3.63, 3.8) is 0 Å². The molecule has 0 unspecified atom stereocenters. The van der Waals surface area contributed by atoms with Crippen molar-refractivity contribution in [2.75, 3.05) is 13.1 Å². The van der Waals surface area contributed by atoms with Crippen LogP contribution in [0.4, 0.5) is 0 Å². The summed E-state index contributed by atoms with van der Waals surface area (Å²) in [5.74, 6) is 2.45. The van der Waals surface area contributed by atoms with Crippen LogP contribution in [0, 0.1) is 12.8 Å². The molecule has 0 amide bonds. The summed E-state index contributed by atoms with van der Waals surface area (Å²) in [4.78, 5) is 7.47. The number of fused-ring (bicyclic) bond motifs is 1. The summed E-state index contributed by atoms with van der Waals surface area (Å²) < 4.78 is 7.35. The van der Waals surface area contributed by atoms with E-state index >= 15 is 0 Å². The van der Waals surface area contributed by atoms with Crippen LogP contribution in [-0.4, -0.2) is 32.8 Å². The Morgan fingerprint density at radius 2 is 2.00 bits per heavy atom. The summed E-state index contributed by atoms with van der Waals surface area (Å²) in [5, 5.41) is 15.2. The Labute approximate surface area is 173 Å². The summed E-state index contributed by atoms with van der Waals surface area (Å²) in [6.45, 7) is 3.94. The monoisotopic (exact) mass is 409 g/mol. The van der Waals surface area contributed by atoms with Gasteiger partial charge in [-0.15, -0.1) is 5.10 Å². The van der Waals surface area contributed by atoms with Crippen LogP contribution < -0.4 is 4.90 Å². The number of benzene rings is 1. The lowest BCUT2D eigenvalue weighted by Crippen LogP contribution is -3.13. The largest absolute Gasteiger partial charge is 0.492 e. The van der Waals surface area contributed by atoms with Crippen molar-refractivity contribution in [1.29, 1.82) is 0 Å². The summed E-state index contributed by atoms with van der Waals surface area (Å²) in [5.41, 5.74) is 1.42. The first-order valence-corrected chi connectivity index (χ1v) is 11.0. The van der Waals surface area contributed by atoms with Crippen molar-refractivity contribution in [3.05, 3.63) is 70.8 Å². The van der Waals surface area contributed by atoms with Gasteiger partial charge in [0.25, 0.3) is 0 Å². The second-order valence-electron chi connectivity index (χ2n) is 7.88. The number of quaternary nitrogens is 1. The van der Waals surface area contributed by atoms with Crippen LogP contribution in [-0.2, 0) is 6.42 Å².